The number of allylic oxidation sites excluding steroid dienone is 1. The number of primary amides is 1. The van der Waals surface area contributed by atoms with E-state index < -0.39 is 69.6 Å². The van der Waals surface area contributed by atoms with Gasteiger partial charge in [0.15, 0.2) is 11.4 Å². The molecule has 12 heteroatoms. The molecule has 0 saturated carbocycles. The van der Waals surface area contributed by atoms with E-state index in [0.717, 1.165) is 25.9 Å². The number of rotatable bonds is 6. The third kappa shape index (κ3) is 4.44. The van der Waals surface area contributed by atoms with Crippen molar-refractivity contribution in [2.45, 2.75) is 43.9 Å². The van der Waals surface area contributed by atoms with Crippen LogP contribution in [0.15, 0.2) is 28.7 Å². The maximum atomic E-state index is 16.0. The number of likely N-dealkylation sites (tertiary alicyclic amines) is 1. The number of aliphatic hydroxyl groups excluding tert-OH is 2. The van der Waals surface area contributed by atoms with Gasteiger partial charge in [-0.2, -0.15) is 0 Å². The van der Waals surface area contributed by atoms with E-state index in [0.29, 0.717) is 12.5 Å². The van der Waals surface area contributed by atoms with Crippen LogP contribution in [0.2, 0.25) is 0 Å². The molecular weight excluding hydrogens is 537 g/mol. The summed E-state index contributed by atoms with van der Waals surface area (Å²) in [5.41, 5.74) is 1.35. The lowest BCUT2D eigenvalue weighted by Crippen LogP contribution is -2.63. The normalized spacial score (nSPS) is 29.1. The maximum absolute atomic E-state index is 16.0. The molecular formula is C29H36FN3O8. The molecule has 0 unspecified atom stereocenters. The van der Waals surface area contributed by atoms with Crippen LogP contribution in [-0.4, -0.2) is 100 Å². The predicted molar refractivity (Wildman–Crippen MR) is 144 cm³/mol. The van der Waals surface area contributed by atoms with E-state index in [4.69, 9.17) is 10.5 Å². The smallest absolute Gasteiger partial charge is 0.255 e. The van der Waals surface area contributed by atoms with Crippen LogP contribution < -0.4 is 5.73 Å². The van der Waals surface area contributed by atoms with Crippen molar-refractivity contribution in [1.29, 1.82) is 0 Å². The molecule has 1 saturated heterocycles. The van der Waals surface area contributed by atoms with Gasteiger partial charge in [-0.15, -0.1) is 0 Å². The molecule has 0 radical (unpaired) electrons. The topological polar surface area (TPSA) is 174 Å². The second-order valence-corrected chi connectivity index (χ2v) is 11.9. The van der Waals surface area contributed by atoms with Crippen LogP contribution in [0.4, 0.5) is 4.39 Å². The van der Waals surface area contributed by atoms with Gasteiger partial charge in [0, 0.05) is 42.9 Å². The fraction of sp³-hybridized carbons (Fsp3) is 0.552. The van der Waals surface area contributed by atoms with Crippen molar-refractivity contribution in [3.05, 3.63) is 51.2 Å². The van der Waals surface area contributed by atoms with E-state index >= 15 is 4.39 Å². The van der Waals surface area contributed by atoms with Gasteiger partial charge in [-0.25, -0.2) is 4.39 Å². The minimum atomic E-state index is -2.73. The van der Waals surface area contributed by atoms with E-state index in [2.05, 4.69) is 4.90 Å². The Kier molecular flexibility index (Phi) is 7.48. The highest BCUT2D eigenvalue weighted by Gasteiger charge is 2.63. The molecule has 5 rings (SSSR count). The number of benzene rings is 1. The number of aromatic hydroxyl groups is 1. The summed E-state index contributed by atoms with van der Waals surface area (Å²) in [4.78, 5) is 42.7. The van der Waals surface area contributed by atoms with Crippen molar-refractivity contribution >= 4 is 17.5 Å². The monoisotopic (exact) mass is 573 g/mol. The highest BCUT2D eigenvalue weighted by molar-refractivity contribution is 6.24. The average Bonchev–Trinajstić information content (AvgIpc) is 2.90. The van der Waals surface area contributed by atoms with Gasteiger partial charge in [-0.05, 0) is 70.8 Å². The zero-order chi connectivity index (χ0) is 30.0. The number of Topliss-reactive ketones (excluding diaryl/α,β-unsaturated/α-hetero) is 2. The fourth-order valence-corrected chi connectivity index (χ4v) is 7.26. The zero-order valence-electron chi connectivity index (χ0n) is 23.3. The third-order valence-electron chi connectivity index (χ3n) is 9.23. The number of hydrogen-bond donors (Lipinski definition) is 5. The minimum Gasteiger partial charge on any atom is -0.510 e. The molecule has 6 N–H and O–H groups in total. The molecule has 0 spiro atoms. The molecule has 3 aliphatic carbocycles. The lowest BCUT2D eigenvalue weighted by atomic mass is 9.58. The van der Waals surface area contributed by atoms with Crippen LogP contribution in [0.3, 0.4) is 0 Å². The molecule has 1 heterocycles. The average molecular weight is 574 g/mol. The van der Waals surface area contributed by atoms with Crippen molar-refractivity contribution < 1.29 is 43.9 Å². The number of hydrogen-bond acceptors (Lipinski definition) is 10. The Hall–Kier alpha value is -3.32. The van der Waals surface area contributed by atoms with Crippen molar-refractivity contribution in [3.8, 4) is 5.75 Å². The quantitative estimate of drug-likeness (QED) is 0.310. The first-order valence-corrected chi connectivity index (χ1v) is 13.7. The number of fused-ring (bicyclic) bond motifs is 3. The van der Waals surface area contributed by atoms with Crippen LogP contribution >= 0.6 is 0 Å². The maximum Gasteiger partial charge on any atom is 0.255 e. The molecule has 0 aromatic heterocycles. The fourth-order valence-electron chi connectivity index (χ4n) is 7.26. The molecule has 4 atom stereocenters. The number of phenols is 1. The van der Waals surface area contributed by atoms with Gasteiger partial charge in [0.25, 0.3) is 5.91 Å². The van der Waals surface area contributed by atoms with Crippen LogP contribution in [0.25, 0.3) is 0 Å². The molecule has 1 amide bonds. The third-order valence-corrected chi connectivity index (χ3v) is 9.23. The first-order valence-electron chi connectivity index (χ1n) is 13.7. The Morgan fingerprint density at radius 2 is 1.88 bits per heavy atom. The van der Waals surface area contributed by atoms with E-state index in [1.165, 1.54) is 11.0 Å². The Morgan fingerprint density at radius 3 is 2.46 bits per heavy atom. The van der Waals surface area contributed by atoms with Crippen LogP contribution in [0, 0.1) is 23.6 Å². The van der Waals surface area contributed by atoms with Crippen LogP contribution in [0.5, 0.6) is 5.75 Å². The zero-order valence-corrected chi connectivity index (χ0v) is 23.3. The SMILES string of the molecule is COCC1CCN(Cc2cc(O)c3c(c2F)C[C@H]2C[C@H]4[C@H](N(C)C)C(O)=C(C(N)=O)C(=O)[C@@]4(O)C(O)=C2C3=O)CC1. The molecule has 11 nitrogen and oxygen atoms in total. The van der Waals surface area contributed by atoms with Gasteiger partial charge >= 0.3 is 0 Å². The highest BCUT2D eigenvalue weighted by Crippen LogP contribution is 2.52. The van der Waals surface area contributed by atoms with Crippen LogP contribution in [-0.2, 0) is 27.3 Å². The molecule has 222 valence electrons. The number of aliphatic hydroxyl groups is 3. The molecule has 1 fully saturated rings. The number of carbonyl (C=O) groups excluding carboxylic acids is 3. The molecule has 1 aromatic carbocycles. The number of ketones is 2. The summed E-state index contributed by atoms with van der Waals surface area (Å²) in [7, 11) is 4.77. The van der Waals surface area contributed by atoms with E-state index in [1.54, 1.807) is 21.2 Å². The standard InChI is InChI=1S/C29H36FN3O8/c1-32(2)23-17-9-14-8-16-20(18(34)10-15(22(16)30)11-33-6-4-13(5-7-33)12-41-3)24(35)19(14)26(37)29(17,40)27(38)21(25(23)36)28(31)39/h10,13-14,17,23,34,36-37,40H,4-9,11-12H2,1-3H3,(H2,31,39)/t14-,17-,23-,29-/m0/s1. The molecule has 4 aliphatic rings. The van der Waals surface area contributed by atoms with Gasteiger partial charge < -0.3 is 30.9 Å². The lowest BCUT2D eigenvalue weighted by molar-refractivity contribution is -0.148. The number of likely N-dealkylation sites (N-methyl/N-ethyl adjacent to an activating group) is 1. The van der Waals surface area contributed by atoms with Crippen molar-refractivity contribution in [2.75, 3.05) is 40.9 Å². The van der Waals surface area contributed by atoms with Crippen molar-refractivity contribution in [3.63, 3.8) is 0 Å². The van der Waals surface area contributed by atoms with Crippen LogP contribution in [0.1, 0.15) is 40.7 Å². The first-order chi connectivity index (χ1) is 19.3. The van der Waals surface area contributed by atoms with Gasteiger partial charge in [0.05, 0.1) is 11.6 Å². The number of methoxy groups -OCH3 is 1. The summed E-state index contributed by atoms with van der Waals surface area (Å²) in [6, 6.07) is 0.108. The summed E-state index contributed by atoms with van der Waals surface area (Å²) >= 11 is 0. The van der Waals surface area contributed by atoms with E-state index in [9.17, 15) is 34.8 Å². The highest BCUT2D eigenvalue weighted by atomic mass is 19.1. The number of nitrogens with zero attached hydrogens (tertiary/aromatic N) is 2. The Balaban J connectivity index is 1.54. The Bertz CT molecular complexity index is 1380. The Labute approximate surface area is 236 Å². The van der Waals surface area contributed by atoms with Gasteiger partial charge in [0.1, 0.15) is 28.7 Å². The van der Waals surface area contributed by atoms with Gasteiger partial charge in [-0.1, -0.05) is 0 Å². The number of amides is 1. The lowest BCUT2D eigenvalue weighted by Gasteiger charge is -2.50. The number of nitrogens with two attached hydrogens (primary N) is 1. The summed E-state index contributed by atoms with van der Waals surface area (Å²) in [6.45, 7) is 2.38. The number of carbonyl (C=O) groups is 3. The molecule has 1 aliphatic heterocycles. The first kappa shape index (κ1) is 29.2. The summed E-state index contributed by atoms with van der Waals surface area (Å²) in [5, 5.41) is 44.7. The van der Waals surface area contributed by atoms with E-state index in [-0.39, 0.29) is 41.6 Å². The summed E-state index contributed by atoms with van der Waals surface area (Å²) in [6.07, 6.45) is 1.62. The molecule has 0 bridgehead atoms. The summed E-state index contributed by atoms with van der Waals surface area (Å²) in [5.74, 6) is -7.76. The van der Waals surface area contributed by atoms with E-state index in [1.807, 2.05) is 0 Å². The largest absolute Gasteiger partial charge is 0.510 e. The second kappa shape index (κ2) is 10.5. The number of ether oxygens (including phenoxy) is 1. The molecule has 41 heavy (non-hydrogen) atoms. The van der Waals surface area contributed by atoms with Crippen molar-refractivity contribution in [1.82, 2.24) is 9.80 Å². The summed E-state index contributed by atoms with van der Waals surface area (Å²) < 4.78 is 21.2. The predicted octanol–water partition coefficient (Wildman–Crippen LogP) is 1.12. The Morgan fingerprint density at radius 1 is 1.22 bits per heavy atom. The number of piperidine rings is 1. The van der Waals surface area contributed by atoms with Gasteiger partial charge in [0.2, 0.25) is 5.78 Å². The van der Waals surface area contributed by atoms with Crippen molar-refractivity contribution in [2.24, 2.45) is 23.5 Å². The van der Waals surface area contributed by atoms with Gasteiger partial charge in [-0.3, -0.25) is 24.2 Å². The number of phenolic OH excluding ortho intramolecular Hbond substituents is 1. The number of halogens is 1. The second-order valence-electron chi connectivity index (χ2n) is 11.9. The minimum absolute atomic E-state index is 0.00684. The molecule has 1 aromatic rings.